The van der Waals surface area contributed by atoms with Gasteiger partial charge in [0.05, 0.1) is 0 Å². The van der Waals surface area contributed by atoms with E-state index in [4.69, 9.17) is 11.5 Å². The Morgan fingerprint density at radius 1 is 1.00 bits per heavy atom. The normalized spacial score (nSPS) is 10.1. The Morgan fingerprint density at radius 2 is 1.48 bits per heavy atom. The monoisotopic (exact) mass is 307 g/mol. The molecule has 0 atom stereocenters. The second-order valence-corrected chi connectivity index (χ2v) is 5.10. The lowest BCUT2D eigenvalue weighted by Gasteiger charge is -2.25. The molecule has 0 saturated heterocycles. The highest BCUT2D eigenvalue weighted by molar-refractivity contribution is 5.94. The summed E-state index contributed by atoms with van der Waals surface area (Å²) >= 11 is 0. The highest BCUT2D eigenvalue weighted by Gasteiger charge is 2.22. The Morgan fingerprint density at radius 3 is 1.87 bits per heavy atom. The number of terminal acetylenes is 1. The lowest BCUT2D eigenvalue weighted by atomic mass is 9.90. The minimum Gasteiger partial charge on any atom is -0.480 e. The third kappa shape index (κ3) is 4.45. The average molecular weight is 307 g/mol. The van der Waals surface area contributed by atoms with E-state index in [2.05, 4.69) is 0 Å². The van der Waals surface area contributed by atoms with E-state index in [0.717, 1.165) is 11.1 Å². The fourth-order valence-electron chi connectivity index (χ4n) is 2.47. The van der Waals surface area contributed by atoms with Gasteiger partial charge < -0.3 is 10.0 Å². The van der Waals surface area contributed by atoms with Crippen molar-refractivity contribution in [2.75, 3.05) is 13.1 Å². The third-order valence-electron chi connectivity index (χ3n) is 3.54. The molecule has 0 aliphatic rings. The molecule has 0 unspecified atom stereocenters. The van der Waals surface area contributed by atoms with Crippen molar-refractivity contribution in [3.8, 4) is 12.3 Å². The minimum absolute atomic E-state index is 0.144. The van der Waals surface area contributed by atoms with Crippen LogP contribution in [0.3, 0.4) is 0 Å². The number of carboxylic acids is 1. The number of rotatable bonds is 6. The van der Waals surface area contributed by atoms with E-state index in [-0.39, 0.29) is 12.5 Å². The van der Waals surface area contributed by atoms with Crippen molar-refractivity contribution in [1.29, 1.82) is 0 Å². The van der Waals surface area contributed by atoms with E-state index in [1.165, 1.54) is 4.90 Å². The molecule has 0 saturated carbocycles. The Labute approximate surface area is 135 Å². The summed E-state index contributed by atoms with van der Waals surface area (Å²) in [6.45, 7) is -0.206. The molecule has 4 nitrogen and oxygen atoms in total. The van der Waals surface area contributed by atoms with Gasteiger partial charge in [-0.05, 0) is 17.0 Å². The lowest BCUT2D eigenvalue weighted by molar-refractivity contribution is -0.142. The highest BCUT2D eigenvalue weighted by atomic mass is 16.4. The van der Waals surface area contributed by atoms with Crippen molar-refractivity contribution >= 4 is 11.9 Å². The van der Waals surface area contributed by atoms with Crippen LogP contribution in [0.4, 0.5) is 0 Å². The first-order valence-electron chi connectivity index (χ1n) is 7.19. The average Bonchev–Trinajstić information content (AvgIpc) is 2.59. The van der Waals surface area contributed by atoms with E-state index in [1.807, 2.05) is 66.6 Å². The van der Waals surface area contributed by atoms with Crippen LogP contribution >= 0.6 is 0 Å². The van der Waals surface area contributed by atoms with E-state index in [0.29, 0.717) is 0 Å². The minimum atomic E-state index is -1.09. The van der Waals surface area contributed by atoms with Crippen molar-refractivity contribution in [1.82, 2.24) is 4.90 Å². The molecule has 0 aromatic heterocycles. The lowest BCUT2D eigenvalue weighted by Crippen LogP contribution is -2.38. The molecular weight excluding hydrogens is 290 g/mol. The molecule has 2 aromatic rings. The van der Waals surface area contributed by atoms with Gasteiger partial charge in [-0.1, -0.05) is 60.7 Å². The summed E-state index contributed by atoms with van der Waals surface area (Å²) in [5.74, 6) is 0.148. The molecule has 0 aliphatic heterocycles. The molecule has 2 aromatic carbocycles. The topological polar surface area (TPSA) is 57.6 Å². The molecule has 0 aliphatic carbocycles. The maximum Gasteiger partial charge on any atom is 0.323 e. The zero-order valence-corrected chi connectivity index (χ0v) is 12.6. The highest BCUT2D eigenvalue weighted by Crippen LogP contribution is 2.25. The van der Waals surface area contributed by atoms with Gasteiger partial charge in [0, 0.05) is 12.5 Å². The summed E-state index contributed by atoms with van der Waals surface area (Å²) in [6, 6.07) is 19.3. The summed E-state index contributed by atoms with van der Waals surface area (Å²) in [7, 11) is 0. The number of hydrogen-bond acceptors (Lipinski definition) is 2. The van der Waals surface area contributed by atoms with E-state index in [9.17, 15) is 9.59 Å². The molecule has 0 heterocycles. The third-order valence-corrected chi connectivity index (χ3v) is 3.54. The van der Waals surface area contributed by atoms with Crippen LogP contribution in [-0.4, -0.2) is 35.0 Å². The fraction of sp³-hybridized carbons (Fsp3) is 0.158. The van der Waals surface area contributed by atoms with Crippen LogP contribution in [0, 0.1) is 12.3 Å². The van der Waals surface area contributed by atoms with Gasteiger partial charge >= 0.3 is 5.97 Å². The molecule has 1 N–H and O–H groups in total. The van der Waals surface area contributed by atoms with Gasteiger partial charge in [0.1, 0.15) is 6.54 Å². The Bertz CT molecular complexity index is 665. The quantitative estimate of drug-likeness (QED) is 0.834. The van der Waals surface area contributed by atoms with Gasteiger partial charge in [0.15, 0.2) is 0 Å². The summed E-state index contributed by atoms with van der Waals surface area (Å²) in [5.41, 5.74) is 2.00. The van der Waals surface area contributed by atoms with Crippen LogP contribution in [0.1, 0.15) is 17.0 Å². The van der Waals surface area contributed by atoms with Crippen LogP contribution in [0.25, 0.3) is 0 Å². The van der Waals surface area contributed by atoms with Crippen LogP contribution in [0.15, 0.2) is 60.7 Å². The largest absolute Gasteiger partial charge is 0.480 e. The molecule has 1 amide bonds. The summed E-state index contributed by atoms with van der Waals surface area (Å²) in [5, 5.41) is 9.02. The van der Waals surface area contributed by atoms with E-state index >= 15 is 0 Å². The number of hydrogen-bond donors (Lipinski definition) is 1. The number of benzene rings is 2. The van der Waals surface area contributed by atoms with Crippen molar-refractivity contribution in [2.24, 2.45) is 0 Å². The van der Waals surface area contributed by atoms with Gasteiger partial charge in [-0.25, -0.2) is 0 Å². The van der Waals surface area contributed by atoms with Crippen molar-refractivity contribution < 1.29 is 14.7 Å². The second-order valence-electron chi connectivity index (χ2n) is 5.10. The number of carbonyl (C=O) groups excluding carboxylic acids is 1. The number of carboxylic acid groups (broad SMARTS) is 1. The predicted octanol–water partition coefficient (Wildman–Crippen LogP) is 2.36. The van der Waals surface area contributed by atoms with Crippen LogP contribution < -0.4 is 0 Å². The SMILES string of the molecule is C#CC(=O)N(CC(=O)O)CC(c1ccccc1)c1ccccc1. The second kappa shape index (κ2) is 7.81. The first-order valence-corrected chi connectivity index (χ1v) is 7.19. The number of amides is 1. The standard InChI is InChI=1S/C19H17NO3/c1-2-18(21)20(14-19(22)23)13-17(15-9-5-3-6-10-15)16-11-7-4-8-12-16/h1,3-12,17H,13-14H2,(H,22,23). The number of nitrogens with zero attached hydrogens (tertiary/aromatic N) is 1. The van der Waals surface area contributed by atoms with Crippen LogP contribution in [0.2, 0.25) is 0 Å². The summed E-state index contributed by atoms with van der Waals surface area (Å²) in [6.07, 6.45) is 5.17. The Balaban J connectivity index is 2.35. The number of aliphatic carboxylic acids is 1. The van der Waals surface area contributed by atoms with Crippen molar-refractivity contribution in [2.45, 2.75) is 5.92 Å². The molecule has 0 fully saturated rings. The molecule has 0 spiro atoms. The molecule has 116 valence electrons. The van der Waals surface area contributed by atoms with E-state index < -0.39 is 18.4 Å². The maximum absolute atomic E-state index is 11.9. The predicted molar refractivity (Wildman–Crippen MR) is 87.8 cm³/mol. The summed E-state index contributed by atoms with van der Waals surface area (Å²) in [4.78, 5) is 24.1. The molecule has 0 radical (unpaired) electrons. The number of carbonyl (C=O) groups is 2. The van der Waals surface area contributed by atoms with Crippen LogP contribution in [-0.2, 0) is 9.59 Å². The molecule has 2 rings (SSSR count). The van der Waals surface area contributed by atoms with Gasteiger partial charge in [-0.2, -0.15) is 0 Å². The van der Waals surface area contributed by atoms with Gasteiger partial charge in [0.2, 0.25) is 0 Å². The van der Waals surface area contributed by atoms with Crippen molar-refractivity contribution in [3.63, 3.8) is 0 Å². The van der Waals surface area contributed by atoms with Gasteiger partial charge in [-0.15, -0.1) is 6.42 Å². The molecular formula is C19H17NO3. The first kappa shape index (κ1) is 16.3. The fourth-order valence-corrected chi connectivity index (χ4v) is 2.47. The Kier molecular flexibility index (Phi) is 5.54. The van der Waals surface area contributed by atoms with Gasteiger partial charge in [0.25, 0.3) is 5.91 Å². The Hall–Kier alpha value is -3.06. The zero-order chi connectivity index (χ0) is 16.7. The zero-order valence-electron chi connectivity index (χ0n) is 12.6. The molecule has 23 heavy (non-hydrogen) atoms. The van der Waals surface area contributed by atoms with Crippen molar-refractivity contribution in [3.05, 3.63) is 71.8 Å². The van der Waals surface area contributed by atoms with E-state index in [1.54, 1.807) is 0 Å². The molecule has 0 bridgehead atoms. The van der Waals surface area contributed by atoms with Crippen LogP contribution in [0.5, 0.6) is 0 Å². The first-order chi connectivity index (χ1) is 11.1. The molecule has 4 heteroatoms. The maximum atomic E-state index is 11.9. The summed E-state index contributed by atoms with van der Waals surface area (Å²) < 4.78 is 0. The smallest absolute Gasteiger partial charge is 0.323 e. The van der Waals surface area contributed by atoms with Gasteiger partial charge in [-0.3, -0.25) is 9.59 Å².